The lowest BCUT2D eigenvalue weighted by molar-refractivity contribution is -0.167. The van der Waals surface area contributed by atoms with Crippen molar-refractivity contribution < 1.29 is 28.6 Å². The van der Waals surface area contributed by atoms with Gasteiger partial charge in [0.1, 0.15) is 13.2 Å². The Morgan fingerprint density at radius 2 is 0.569 bits per heavy atom. The maximum Gasteiger partial charge on any atom is 0.306 e. The zero-order chi connectivity index (χ0) is 42.3. The van der Waals surface area contributed by atoms with Crippen LogP contribution >= 0.6 is 0 Å². The van der Waals surface area contributed by atoms with Gasteiger partial charge in [-0.15, -0.1) is 0 Å². The number of rotatable bonds is 47. The number of esters is 3. The molecule has 0 saturated carbocycles. The van der Waals surface area contributed by atoms with E-state index < -0.39 is 6.10 Å². The second-order valence-corrected chi connectivity index (χ2v) is 17.4. The Balaban J connectivity index is 4.26. The average molecular weight is 819 g/mol. The van der Waals surface area contributed by atoms with Crippen molar-refractivity contribution in [2.75, 3.05) is 13.2 Å². The van der Waals surface area contributed by atoms with Crippen LogP contribution in [0, 0.1) is 0 Å². The van der Waals surface area contributed by atoms with Crippen molar-refractivity contribution >= 4 is 17.9 Å². The molecule has 0 fully saturated rings. The Labute approximate surface area is 360 Å². The standard InChI is InChI=1S/C52H98O6/c1-4-7-10-13-16-19-21-23-24-25-26-27-29-30-33-36-39-42-45-51(54)57-48-49(47-56-50(53)44-41-38-35-32-18-15-12-9-6-3)58-52(55)46-43-40-37-34-31-28-22-20-17-14-11-8-5-2/h28,31,49H,4-27,29-30,32-48H2,1-3H3/b31-28-. The lowest BCUT2D eigenvalue weighted by Gasteiger charge is -2.18. The summed E-state index contributed by atoms with van der Waals surface area (Å²) in [7, 11) is 0. The molecule has 0 aliphatic carbocycles. The zero-order valence-electron chi connectivity index (χ0n) is 39.1. The van der Waals surface area contributed by atoms with Crippen molar-refractivity contribution in [2.24, 2.45) is 0 Å². The van der Waals surface area contributed by atoms with Crippen LogP contribution in [-0.2, 0) is 28.6 Å². The van der Waals surface area contributed by atoms with Gasteiger partial charge in [0.25, 0.3) is 0 Å². The first-order valence-corrected chi connectivity index (χ1v) is 25.7. The van der Waals surface area contributed by atoms with Crippen molar-refractivity contribution in [3.05, 3.63) is 12.2 Å². The molecule has 6 heteroatoms. The smallest absolute Gasteiger partial charge is 0.306 e. The van der Waals surface area contributed by atoms with E-state index in [-0.39, 0.29) is 31.1 Å². The summed E-state index contributed by atoms with van der Waals surface area (Å²) in [5.74, 6) is -0.875. The van der Waals surface area contributed by atoms with Gasteiger partial charge < -0.3 is 14.2 Å². The van der Waals surface area contributed by atoms with Gasteiger partial charge in [-0.05, 0) is 44.9 Å². The van der Waals surface area contributed by atoms with Crippen LogP contribution in [0.4, 0.5) is 0 Å². The summed E-state index contributed by atoms with van der Waals surface area (Å²) in [6.45, 7) is 6.63. The summed E-state index contributed by atoms with van der Waals surface area (Å²) in [5, 5.41) is 0. The highest BCUT2D eigenvalue weighted by Crippen LogP contribution is 2.16. The summed E-state index contributed by atoms with van der Waals surface area (Å²) in [5.41, 5.74) is 0. The van der Waals surface area contributed by atoms with Gasteiger partial charge >= 0.3 is 17.9 Å². The van der Waals surface area contributed by atoms with E-state index in [1.807, 2.05) is 0 Å². The fraction of sp³-hybridized carbons (Fsp3) is 0.904. The Morgan fingerprint density at radius 1 is 0.328 bits per heavy atom. The van der Waals surface area contributed by atoms with Crippen LogP contribution in [0.25, 0.3) is 0 Å². The van der Waals surface area contributed by atoms with E-state index in [2.05, 4.69) is 32.9 Å². The van der Waals surface area contributed by atoms with E-state index in [9.17, 15) is 14.4 Å². The summed E-state index contributed by atoms with van der Waals surface area (Å²) in [4.78, 5) is 37.8. The molecule has 0 bridgehead atoms. The zero-order valence-corrected chi connectivity index (χ0v) is 39.1. The number of ether oxygens (including phenoxy) is 3. The molecule has 0 aromatic rings. The largest absolute Gasteiger partial charge is 0.462 e. The maximum absolute atomic E-state index is 12.7. The number of hydrogen-bond acceptors (Lipinski definition) is 6. The van der Waals surface area contributed by atoms with Gasteiger partial charge in [-0.3, -0.25) is 14.4 Å². The third kappa shape index (κ3) is 45.2. The summed E-state index contributed by atoms with van der Waals surface area (Å²) < 4.78 is 16.7. The van der Waals surface area contributed by atoms with Crippen LogP contribution in [0.5, 0.6) is 0 Å². The fourth-order valence-corrected chi connectivity index (χ4v) is 7.61. The van der Waals surface area contributed by atoms with Gasteiger partial charge in [-0.2, -0.15) is 0 Å². The molecule has 0 aliphatic rings. The quantitative estimate of drug-likeness (QED) is 0.0263. The first kappa shape index (κ1) is 56.1. The molecule has 1 unspecified atom stereocenters. The summed E-state index contributed by atoms with van der Waals surface area (Å²) >= 11 is 0. The number of allylic oxidation sites excluding steroid dienone is 2. The van der Waals surface area contributed by atoms with Gasteiger partial charge in [-0.1, -0.05) is 232 Å². The predicted octanol–water partition coefficient (Wildman–Crippen LogP) is 16.6. The molecule has 0 N–H and O–H groups in total. The molecule has 0 heterocycles. The first-order valence-electron chi connectivity index (χ1n) is 25.7. The van der Waals surface area contributed by atoms with E-state index in [0.717, 1.165) is 70.6 Å². The molecule has 1 atom stereocenters. The van der Waals surface area contributed by atoms with Gasteiger partial charge in [0.05, 0.1) is 0 Å². The molecular formula is C52H98O6. The number of carbonyl (C=O) groups excluding carboxylic acids is 3. The molecule has 0 amide bonds. The van der Waals surface area contributed by atoms with Crippen molar-refractivity contribution in [1.82, 2.24) is 0 Å². The molecule has 0 aromatic heterocycles. The normalized spacial score (nSPS) is 12.0. The Bertz CT molecular complexity index is 900. The molecule has 6 nitrogen and oxygen atoms in total. The van der Waals surface area contributed by atoms with Crippen LogP contribution in [0.15, 0.2) is 12.2 Å². The lowest BCUT2D eigenvalue weighted by atomic mass is 10.0. The second kappa shape index (κ2) is 47.8. The van der Waals surface area contributed by atoms with E-state index >= 15 is 0 Å². The van der Waals surface area contributed by atoms with E-state index in [0.29, 0.717) is 19.3 Å². The molecule has 0 saturated heterocycles. The van der Waals surface area contributed by atoms with Crippen LogP contribution < -0.4 is 0 Å². The predicted molar refractivity (Wildman–Crippen MR) is 247 cm³/mol. The Kier molecular flexibility index (Phi) is 46.3. The highest BCUT2D eigenvalue weighted by atomic mass is 16.6. The molecule has 0 aliphatic heterocycles. The maximum atomic E-state index is 12.7. The minimum absolute atomic E-state index is 0.0711. The summed E-state index contributed by atoms with van der Waals surface area (Å²) in [6.07, 6.45) is 52.0. The molecule has 0 radical (unpaired) electrons. The van der Waals surface area contributed by atoms with Crippen molar-refractivity contribution in [1.29, 1.82) is 0 Å². The number of unbranched alkanes of at least 4 members (excludes halogenated alkanes) is 34. The fourth-order valence-electron chi connectivity index (χ4n) is 7.61. The van der Waals surface area contributed by atoms with Crippen LogP contribution in [0.1, 0.15) is 284 Å². The van der Waals surface area contributed by atoms with Gasteiger partial charge in [0, 0.05) is 19.3 Å². The van der Waals surface area contributed by atoms with E-state index in [1.165, 1.54) is 173 Å². The highest BCUT2D eigenvalue weighted by molar-refractivity contribution is 5.71. The van der Waals surface area contributed by atoms with Crippen LogP contribution in [0.2, 0.25) is 0 Å². The number of carbonyl (C=O) groups is 3. The summed E-state index contributed by atoms with van der Waals surface area (Å²) in [6, 6.07) is 0. The molecule has 58 heavy (non-hydrogen) atoms. The van der Waals surface area contributed by atoms with Crippen molar-refractivity contribution in [3.63, 3.8) is 0 Å². The van der Waals surface area contributed by atoms with E-state index in [1.54, 1.807) is 0 Å². The third-order valence-corrected chi connectivity index (χ3v) is 11.5. The third-order valence-electron chi connectivity index (χ3n) is 11.5. The Morgan fingerprint density at radius 3 is 0.879 bits per heavy atom. The van der Waals surface area contributed by atoms with Crippen molar-refractivity contribution in [2.45, 2.75) is 290 Å². The monoisotopic (exact) mass is 819 g/mol. The lowest BCUT2D eigenvalue weighted by Crippen LogP contribution is -2.30. The van der Waals surface area contributed by atoms with Gasteiger partial charge in [0.15, 0.2) is 6.10 Å². The minimum atomic E-state index is -0.770. The molecule has 0 spiro atoms. The number of hydrogen-bond donors (Lipinski definition) is 0. The van der Waals surface area contributed by atoms with Gasteiger partial charge in [-0.25, -0.2) is 0 Å². The second-order valence-electron chi connectivity index (χ2n) is 17.4. The minimum Gasteiger partial charge on any atom is -0.462 e. The van der Waals surface area contributed by atoms with E-state index in [4.69, 9.17) is 14.2 Å². The van der Waals surface area contributed by atoms with Gasteiger partial charge in [0.2, 0.25) is 0 Å². The van der Waals surface area contributed by atoms with Crippen molar-refractivity contribution in [3.8, 4) is 0 Å². The average Bonchev–Trinajstić information content (AvgIpc) is 3.22. The van der Waals surface area contributed by atoms with Crippen LogP contribution in [-0.4, -0.2) is 37.2 Å². The highest BCUT2D eigenvalue weighted by Gasteiger charge is 2.19. The molecule has 342 valence electrons. The van der Waals surface area contributed by atoms with Crippen LogP contribution in [0.3, 0.4) is 0 Å². The Hall–Kier alpha value is -1.85. The SMILES string of the molecule is CCCCCCCC/C=C\CCCCCC(=O)OC(COC(=O)CCCCCCCCCCC)COC(=O)CCCCCCCCCCCCCCCCCCCC. The molecule has 0 rings (SSSR count). The topological polar surface area (TPSA) is 78.9 Å². The first-order chi connectivity index (χ1) is 28.5. The molecular weight excluding hydrogens is 721 g/mol. The molecule has 0 aromatic carbocycles.